The van der Waals surface area contributed by atoms with Gasteiger partial charge in [-0.05, 0) is 47.9 Å². The van der Waals surface area contributed by atoms with E-state index in [9.17, 15) is 18.0 Å². The van der Waals surface area contributed by atoms with Gasteiger partial charge in [-0.1, -0.05) is 12.1 Å². The summed E-state index contributed by atoms with van der Waals surface area (Å²) in [4.78, 5) is 13.4. The first-order chi connectivity index (χ1) is 11.9. The number of hydrogen-bond donors (Lipinski definition) is 0. The smallest absolute Gasteiger partial charge is 0.406 e. The first kappa shape index (κ1) is 17.0. The van der Waals surface area contributed by atoms with Crippen LogP contribution in [-0.2, 0) is 0 Å². The number of carbonyl (C=O) groups is 1. The van der Waals surface area contributed by atoms with E-state index in [1.54, 1.807) is 23.5 Å². The Labute approximate surface area is 144 Å². The van der Waals surface area contributed by atoms with Crippen LogP contribution in [0.15, 0.2) is 54.0 Å². The van der Waals surface area contributed by atoms with Gasteiger partial charge in [0.1, 0.15) is 5.75 Å². The van der Waals surface area contributed by atoms with Gasteiger partial charge in [0.2, 0.25) is 0 Å². The van der Waals surface area contributed by atoms with Gasteiger partial charge in [-0.25, -0.2) is 4.68 Å². The van der Waals surface area contributed by atoms with Gasteiger partial charge in [0, 0.05) is 16.6 Å². The fraction of sp³-hybridized carbons (Fsp3) is 0.0588. The molecule has 0 fully saturated rings. The Kier molecular flexibility index (Phi) is 4.71. The summed E-state index contributed by atoms with van der Waals surface area (Å²) in [6, 6.07) is 10.4. The second-order valence-electron chi connectivity index (χ2n) is 4.91. The molecule has 0 aliphatic rings. The number of benzene rings is 1. The van der Waals surface area contributed by atoms with Crippen LogP contribution in [0.25, 0.3) is 12.2 Å². The third kappa shape index (κ3) is 4.57. The number of alkyl halides is 3. The number of hydrogen-bond acceptors (Lipinski definition) is 4. The van der Waals surface area contributed by atoms with Crippen LogP contribution in [0.5, 0.6) is 5.75 Å². The highest BCUT2D eigenvalue weighted by molar-refractivity contribution is 7.10. The Morgan fingerprint density at radius 3 is 2.72 bits per heavy atom. The molecule has 0 radical (unpaired) electrons. The van der Waals surface area contributed by atoms with Crippen LogP contribution in [0.4, 0.5) is 13.2 Å². The SMILES string of the molecule is O=C(c1cccc(OC(F)(F)F)c1)n1ccc(/C=C/c2cccs2)n1. The van der Waals surface area contributed by atoms with Gasteiger partial charge >= 0.3 is 6.36 Å². The third-order valence-electron chi connectivity index (χ3n) is 3.09. The topological polar surface area (TPSA) is 44.1 Å². The van der Waals surface area contributed by atoms with Gasteiger partial charge in [-0.2, -0.15) is 5.10 Å². The van der Waals surface area contributed by atoms with E-state index in [2.05, 4.69) is 9.84 Å². The van der Waals surface area contributed by atoms with Crippen molar-refractivity contribution in [1.82, 2.24) is 9.78 Å². The molecule has 8 heteroatoms. The Hall–Kier alpha value is -2.87. The predicted molar refractivity (Wildman–Crippen MR) is 88.3 cm³/mol. The van der Waals surface area contributed by atoms with E-state index in [0.29, 0.717) is 5.69 Å². The van der Waals surface area contributed by atoms with E-state index in [4.69, 9.17) is 0 Å². The second kappa shape index (κ2) is 6.94. The fourth-order valence-corrected chi connectivity index (χ4v) is 2.67. The van der Waals surface area contributed by atoms with E-state index >= 15 is 0 Å². The number of halogens is 3. The van der Waals surface area contributed by atoms with Crippen LogP contribution in [0.2, 0.25) is 0 Å². The van der Waals surface area contributed by atoms with E-state index in [-0.39, 0.29) is 5.56 Å². The van der Waals surface area contributed by atoms with Crippen molar-refractivity contribution in [2.75, 3.05) is 0 Å². The van der Waals surface area contributed by atoms with Crippen molar-refractivity contribution in [3.8, 4) is 5.75 Å². The first-order valence-corrected chi connectivity index (χ1v) is 7.96. The maximum absolute atomic E-state index is 12.4. The van der Waals surface area contributed by atoms with Gasteiger partial charge in [0.15, 0.2) is 0 Å². The minimum atomic E-state index is -4.81. The molecule has 0 amide bonds. The Morgan fingerprint density at radius 2 is 2.00 bits per heavy atom. The lowest BCUT2D eigenvalue weighted by atomic mass is 10.2. The molecule has 1 aromatic carbocycles. The molecule has 0 aliphatic carbocycles. The van der Waals surface area contributed by atoms with Crippen LogP contribution < -0.4 is 4.74 Å². The summed E-state index contributed by atoms with van der Waals surface area (Å²) in [5, 5.41) is 6.05. The largest absolute Gasteiger partial charge is 0.573 e. The van der Waals surface area contributed by atoms with Gasteiger partial charge < -0.3 is 4.74 Å². The number of nitrogens with zero attached hydrogens (tertiary/aromatic N) is 2. The van der Waals surface area contributed by atoms with Crippen LogP contribution in [0.1, 0.15) is 20.9 Å². The van der Waals surface area contributed by atoms with E-state index in [0.717, 1.165) is 21.7 Å². The molecule has 0 spiro atoms. The molecule has 0 N–H and O–H groups in total. The van der Waals surface area contributed by atoms with E-state index in [1.807, 2.05) is 23.6 Å². The molecule has 0 atom stereocenters. The molecule has 3 rings (SSSR count). The van der Waals surface area contributed by atoms with Crippen molar-refractivity contribution in [3.05, 3.63) is 70.2 Å². The minimum absolute atomic E-state index is 0.0404. The van der Waals surface area contributed by atoms with Gasteiger partial charge in [-0.15, -0.1) is 24.5 Å². The summed E-state index contributed by atoms with van der Waals surface area (Å²) >= 11 is 1.56. The Bertz CT molecular complexity index is 899. The van der Waals surface area contributed by atoms with Crippen LogP contribution >= 0.6 is 11.3 Å². The molecule has 0 aliphatic heterocycles. The number of rotatable bonds is 4. The summed E-state index contributed by atoms with van der Waals surface area (Å²) in [6.45, 7) is 0. The zero-order chi connectivity index (χ0) is 17.9. The highest BCUT2D eigenvalue weighted by atomic mass is 32.1. The summed E-state index contributed by atoms with van der Waals surface area (Å²) in [5.74, 6) is -1.01. The summed E-state index contributed by atoms with van der Waals surface area (Å²) in [6.07, 6.45) is 0.249. The molecule has 2 aromatic heterocycles. The van der Waals surface area contributed by atoms with Crippen molar-refractivity contribution in [1.29, 1.82) is 0 Å². The summed E-state index contributed by atoms with van der Waals surface area (Å²) in [7, 11) is 0. The predicted octanol–water partition coefficient (Wildman–Crippen LogP) is 4.70. The van der Waals surface area contributed by atoms with Gasteiger partial charge in [0.05, 0.1) is 5.69 Å². The Morgan fingerprint density at radius 1 is 1.16 bits per heavy atom. The molecule has 0 unspecified atom stereocenters. The quantitative estimate of drug-likeness (QED) is 0.674. The van der Waals surface area contributed by atoms with Crippen LogP contribution in [0.3, 0.4) is 0 Å². The number of carbonyl (C=O) groups excluding carboxylic acids is 1. The summed E-state index contributed by atoms with van der Waals surface area (Å²) < 4.78 is 41.7. The number of aromatic nitrogens is 2. The standard InChI is InChI=1S/C17H11F3N2O2S/c18-17(19,20)24-14-4-1-3-12(11-14)16(23)22-9-8-13(21-22)6-7-15-5-2-10-25-15/h1-11H/b7-6+. The minimum Gasteiger partial charge on any atom is -0.406 e. The molecule has 0 saturated heterocycles. The van der Waals surface area contributed by atoms with Crippen molar-refractivity contribution >= 4 is 29.4 Å². The highest BCUT2D eigenvalue weighted by Crippen LogP contribution is 2.23. The lowest BCUT2D eigenvalue weighted by Gasteiger charge is -2.09. The fourth-order valence-electron chi connectivity index (χ4n) is 2.05. The average Bonchev–Trinajstić information content (AvgIpc) is 3.22. The van der Waals surface area contributed by atoms with Gasteiger partial charge in [0.25, 0.3) is 5.91 Å². The molecule has 2 heterocycles. The molecule has 128 valence electrons. The van der Waals surface area contributed by atoms with Crippen molar-refractivity contribution < 1.29 is 22.7 Å². The van der Waals surface area contributed by atoms with E-state index in [1.165, 1.54) is 18.3 Å². The maximum atomic E-state index is 12.4. The molecular weight excluding hydrogens is 353 g/mol. The van der Waals surface area contributed by atoms with Crippen LogP contribution in [-0.4, -0.2) is 22.1 Å². The van der Waals surface area contributed by atoms with Crippen molar-refractivity contribution in [2.24, 2.45) is 0 Å². The lowest BCUT2D eigenvalue weighted by molar-refractivity contribution is -0.274. The normalized spacial score (nSPS) is 11.8. The number of ether oxygens (including phenoxy) is 1. The molecule has 0 bridgehead atoms. The molecule has 25 heavy (non-hydrogen) atoms. The van der Waals surface area contributed by atoms with Crippen molar-refractivity contribution in [2.45, 2.75) is 6.36 Å². The molecule has 4 nitrogen and oxygen atoms in total. The first-order valence-electron chi connectivity index (χ1n) is 7.08. The lowest BCUT2D eigenvalue weighted by Crippen LogP contribution is -2.18. The average molecular weight is 364 g/mol. The summed E-state index contributed by atoms with van der Waals surface area (Å²) in [5.41, 5.74) is 0.600. The number of thiophene rings is 1. The van der Waals surface area contributed by atoms with E-state index < -0.39 is 18.0 Å². The monoisotopic (exact) mass is 364 g/mol. The molecule has 3 aromatic rings. The second-order valence-corrected chi connectivity index (χ2v) is 5.89. The highest BCUT2D eigenvalue weighted by Gasteiger charge is 2.31. The zero-order valence-corrected chi connectivity index (χ0v) is 13.4. The maximum Gasteiger partial charge on any atom is 0.573 e. The Balaban J connectivity index is 1.76. The third-order valence-corrected chi connectivity index (χ3v) is 3.93. The van der Waals surface area contributed by atoms with Crippen LogP contribution in [0, 0.1) is 0 Å². The molecular formula is C17H11F3N2O2S. The van der Waals surface area contributed by atoms with Gasteiger partial charge in [-0.3, -0.25) is 4.79 Å². The zero-order valence-electron chi connectivity index (χ0n) is 12.6. The van der Waals surface area contributed by atoms with Crippen molar-refractivity contribution in [3.63, 3.8) is 0 Å². The molecule has 0 saturated carbocycles.